The van der Waals surface area contributed by atoms with Gasteiger partial charge in [-0.05, 0) is 55.0 Å². The Labute approximate surface area is 137 Å². The van der Waals surface area contributed by atoms with E-state index in [2.05, 4.69) is 37.4 Å². The van der Waals surface area contributed by atoms with E-state index in [0.29, 0.717) is 5.92 Å². The third kappa shape index (κ3) is 2.50. The predicted octanol–water partition coefficient (Wildman–Crippen LogP) is 3.87. The normalized spacial score (nSPS) is 22.3. The Morgan fingerprint density at radius 3 is 2.78 bits per heavy atom. The Balaban J connectivity index is 1.54. The number of aryl methyl sites for hydroxylation is 2. The molecule has 23 heavy (non-hydrogen) atoms. The van der Waals surface area contributed by atoms with Crippen LogP contribution in [0.15, 0.2) is 42.5 Å². The fraction of sp³-hybridized carbons (Fsp3) is 0.350. The second-order valence-electron chi connectivity index (χ2n) is 6.73. The van der Waals surface area contributed by atoms with Crippen molar-refractivity contribution in [3.63, 3.8) is 0 Å². The van der Waals surface area contributed by atoms with E-state index in [4.69, 9.17) is 0 Å². The second-order valence-corrected chi connectivity index (χ2v) is 6.73. The zero-order valence-electron chi connectivity index (χ0n) is 13.7. The standard InChI is InChI=1S/C20H22N2O/c1-13-7-8-15(11-14(13)2)16-12-17(16)20(23)22-10-9-21-18-5-3-4-6-19(18)22/h3-8,11,16-17,21H,9-10,12H2,1-2H3. The predicted molar refractivity (Wildman–Crippen MR) is 94.0 cm³/mol. The van der Waals surface area contributed by atoms with Crippen LogP contribution in [0.1, 0.15) is 29.0 Å². The van der Waals surface area contributed by atoms with Crippen molar-refractivity contribution >= 4 is 17.3 Å². The molecule has 2 atom stereocenters. The van der Waals surface area contributed by atoms with Crippen LogP contribution in [0.5, 0.6) is 0 Å². The average Bonchev–Trinajstić information content (AvgIpc) is 3.37. The molecule has 1 saturated carbocycles. The third-order valence-corrected chi connectivity index (χ3v) is 5.18. The molecule has 1 amide bonds. The van der Waals surface area contributed by atoms with Crippen LogP contribution in [-0.2, 0) is 4.79 Å². The maximum Gasteiger partial charge on any atom is 0.230 e. The highest BCUT2D eigenvalue weighted by Crippen LogP contribution is 2.49. The first-order chi connectivity index (χ1) is 11.1. The minimum atomic E-state index is 0.142. The lowest BCUT2D eigenvalue weighted by Gasteiger charge is -2.30. The van der Waals surface area contributed by atoms with Crippen LogP contribution >= 0.6 is 0 Å². The number of amides is 1. The van der Waals surface area contributed by atoms with E-state index in [1.54, 1.807) is 0 Å². The fourth-order valence-corrected chi connectivity index (χ4v) is 3.54. The fourth-order valence-electron chi connectivity index (χ4n) is 3.54. The lowest BCUT2D eigenvalue weighted by Crippen LogP contribution is -2.40. The molecule has 1 heterocycles. The lowest BCUT2D eigenvalue weighted by atomic mass is 10.0. The van der Waals surface area contributed by atoms with Crippen LogP contribution in [0, 0.1) is 19.8 Å². The smallest absolute Gasteiger partial charge is 0.230 e. The van der Waals surface area contributed by atoms with Crippen molar-refractivity contribution in [2.24, 2.45) is 5.92 Å². The van der Waals surface area contributed by atoms with Crippen molar-refractivity contribution in [1.29, 1.82) is 0 Å². The molecule has 0 bridgehead atoms. The molecule has 1 aliphatic heterocycles. The number of hydrogen-bond acceptors (Lipinski definition) is 2. The Hall–Kier alpha value is -2.29. The van der Waals surface area contributed by atoms with Gasteiger partial charge in [-0.3, -0.25) is 4.79 Å². The lowest BCUT2D eigenvalue weighted by molar-refractivity contribution is -0.119. The zero-order valence-corrected chi connectivity index (χ0v) is 13.7. The number of rotatable bonds is 2. The first-order valence-corrected chi connectivity index (χ1v) is 8.36. The summed E-state index contributed by atoms with van der Waals surface area (Å²) in [6.45, 7) is 5.85. The van der Waals surface area contributed by atoms with Crippen LogP contribution in [0.25, 0.3) is 0 Å². The highest BCUT2D eigenvalue weighted by atomic mass is 16.2. The summed E-state index contributed by atoms with van der Waals surface area (Å²) >= 11 is 0. The number of nitrogens with zero attached hydrogens (tertiary/aromatic N) is 1. The molecule has 4 rings (SSSR count). The highest BCUT2D eigenvalue weighted by Gasteiger charge is 2.46. The molecule has 1 N–H and O–H groups in total. The van der Waals surface area contributed by atoms with E-state index in [-0.39, 0.29) is 11.8 Å². The van der Waals surface area contributed by atoms with E-state index < -0.39 is 0 Å². The van der Waals surface area contributed by atoms with Crippen molar-refractivity contribution in [2.75, 3.05) is 23.3 Å². The number of carbonyl (C=O) groups is 1. The van der Waals surface area contributed by atoms with Crippen molar-refractivity contribution in [3.8, 4) is 0 Å². The summed E-state index contributed by atoms with van der Waals surface area (Å²) in [6.07, 6.45) is 0.980. The number of para-hydroxylation sites is 2. The Bertz CT molecular complexity index is 768. The molecule has 0 aromatic heterocycles. The van der Waals surface area contributed by atoms with Crippen molar-refractivity contribution < 1.29 is 4.79 Å². The summed E-state index contributed by atoms with van der Waals surface area (Å²) in [5.41, 5.74) is 6.03. The second kappa shape index (κ2) is 5.41. The van der Waals surface area contributed by atoms with Crippen LogP contribution < -0.4 is 10.2 Å². The molecular weight excluding hydrogens is 284 g/mol. The summed E-state index contributed by atoms with van der Waals surface area (Å²) in [5.74, 6) is 0.814. The Morgan fingerprint density at radius 2 is 1.96 bits per heavy atom. The first kappa shape index (κ1) is 14.3. The topological polar surface area (TPSA) is 32.3 Å². The molecular formula is C20H22N2O. The molecule has 2 aromatic rings. The molecule has 2 unspecified atom stereocenters. The van der Waals surface area contributed by atoms with Crippen LogP contribution in [0.4, 0.5) is 11.4 Å². The van der Waals surface area contributed by atoms with Gasteiger partial charge in [0, 0.05) is 19.0 Å². The summed E-state index contributed by atoms with van der Waals surface area (Å²) in [5, 5.41) is 3.37. The minimum absolute atomic E-state index is 0.142. The Morgan fingerprint density at radius 1 is 1.13 bits per heavy atom. The van der Waals surface area contributed by atoms with E-state index in [9.17, 15) is 4.79 Å². The number of benzene rings is 2. The summed E-state index contributed by atoms with van der Waals surface area (Å²) in [7, 11) is 0. The SMILES string of the molecule is Cc1ccc(C2CC2C(=O)N2CCNc3ccccc32)cc1C. The van der Waals surface area contributed by atoms with Crippen molar-refractivity contribution in [2.45, 2.75) is 26.2 Å². The number of fused-ring (bicyclic) bond motifs is 1. The molecule has 1 fully saturated rings. The van der Waals surface area contributed by atoms with Gasteiger partial charge in [0.2, 0.25) is 5.91 Å². The van der Waals surface area contributed by atoms with Gasteiger partial charge in [-0.1, -0.05) is 30.3 Å². The molecule has 1 aliphatic carbocycles. The summed E-state index contributed by atoms with van der Waals surface area (Å²) < 4.78 is 0. The van der Waals surface area contributed by atoms with E-state index >= 15 is 0 Å². The summed E-state index contributed by atoms with van der Waals surface area (Å²) in [4.78, 5) is 14.9. The van der Waals surface area contributed by atoms with Gasteiger partial charge < -0.3 is 10.2 Å². The largest absolute Gasteiger partial charge is 0.382 e. The molecule has 2 aliphatic rings. The van der Waals surface area contributed by atoms with Gasteiger partial charge in [0.15, 0.2) is 0 Å². The quantitative estimate of drug-likeness (QED) is 0.913. The monoisotopic (exact) mass is 306 g/mol. The summed E-state index contributed by atoms with van der Waals surface area (Å²) in [6, 6.07) is 14.7. The average molecular weight is 306 g/mol. The van der Waals surface area contributed by atoms with E-state index in [1.165, 1.54) is 16.7 Å². The molecule has 2 aromatic carbocycles. The Kier molecular flexibility index (Phi) is 3.37. The maximum absolute atomic E-state index is 13.0. The molecule has 0 radical (unpaired) electrons. The van der Waals surface area contributed by atoms with E-state index in [1.807, 2.05) is 29.2 Å². The van der Waals surface area contributed by atoms with Gasteiger partial charge in [-0.25, -0.2) is 0 Å². The van der Waals surface area contributed by atoms with Gasteiger partial charge in [0.25, 0.3) is 0 Å². The van der Waals surface area contributed by atoms with Crippen molar-refractivity contribution in [3.05, 3.63) is 59.2 Å². The third-order valence-electron chi connectivity index (χ3n) is 5.18. The first-order valence-electron chi connectivity index (χ1n) is 8.36. The van der Waals surface area contributed by atoms with Gasteiger partial charge >= 0.3 is 0 Å². The maximum atomic E-state index is 13.0. The number of hydrogen-bond donors (Lipinski definition) is 1. The van der Waals surface area contributed by atoms with Crippen molar-refractivity contribution in [1.82, 2.24) is 0 Å². The highest BCUT2D eigenvalue weighted by molar-refractivity contribution is 6.00. The van der Waals surface area contributed by atoms with E-state index in [0.717, 1.165) is 30.9 Å². The van der Waals surface area contributed by atoms with Crippen LogP contribution in [0.2, 0.25) is 0 Å². The minimum Gasteiger partial charge on any atom is -0.382 e. The molecule has 3 heteroatoms. The van der Waals surface area contributed by atoms with Gasteiger partial charge in [0.1, 0.15) is 0 Å². The van der Waals surface area contributed by atoms with Crippen LogP contribution in [-0.4, -0.2) is 19.0 Å². The molecule has 0 saturated heterocycles. The number of nitrogens with one attached hydrogen (secondary N) is 1. The number of carbonyl (C=O) groups excluding carboxylic acids is 1. The molecule has 0 spiro atoms. The molecule has 3 nitrogen and oxygen atoms in total. The molecule has 118 valence electrons. The number of anilines is 2. The zero-order chi connectivity index (χ0) is 16.0. The van der Waals surface area contributed by atoms with Gasteiger partial charge in [-0.2, -0.15) is 0 Å². The van der Waals surface area contributed by atoms with Gasteiger partial charge in [0.05, 0.1) is 11.4 Å². The van der Waals surface area contributed by atoms with Crippen LogP contribution in [0.3, 0.4) is 0 Å². The van der Waals surface area contributed by atoms with Gasteiger partial charge in [-0.15, -0.1) is 0 Å².